The molecule has 0 bridgehead atoms. The zero-order valence-corrected chi connectivity index (χ0v) is 13.0. The van der Waals surface area contributed by atoms with Gasteiger partial charge >= 0.3 is 0 Å². The highest BCUT2D eigenvalue weighted by atomic mass is 35.5. The van der Waals surface area contributed by atoms with E-state index < -0.39 is 5.60 Å². The second-order valence-corrected chi connectivity index (χ2v) is 6.34. The largest absolute Gasteiger partial charge is 0.397 e. The molecule has 1 unspecified atom stereocenters. The first-order valence-electron chi connectivity index (χ1n) is 7.15. The molecule has 1 atom stereocenters. The number of piperidine rings is 1. The fraction of sp³-hybridized carbons (Fsp3) is 0.533. The molecule has 21 heavy (non-hydrogen) atoms. The summed E-state index contributed by atoms with van der Waals surface area (Å²) in [7, 11) is 0. The number of benzene rings is 1. The number of carbonyl (C=O) groups excluding carboxylic acids is 1. The van der Waals surface area contributed by atoms with Crippen molar-refractivity contribution in [2.24, 2.45) is 0 Å². The average Bonchev–Trinajstić information content (AvgIpc) is 2.40. The molecule has 1 aliphatic heterocycles. The number of amides is 1. The van der Waals surface area contributed by atoms with Crippen molar-refractivity contribution < 1.29 is 9.90 Å². The van der Waals surface area contributed by atoms with Gasteiger partial charge in [0, 0.05) is 24.5 Å². The zero-order chi connectivity index (χ0) is 15.5. The molecular formula is C15H22ClN3O2. The Morgan fingerprint density at radius 2 is 2.33 bits per heavy atom. The van der Waals surface area contributed by atoms with Crippen LogP contribution in [0.1, 0.15) is 26.2 Å². The molecule has 1 heterocycles. The van der Waals surface area contributed by atoms with E-state index in [4.69, 9.17) is 17.3 Å². The Bertz CT molecular complexity index is 520. The lowest BCUT2D eigenvalue weighted by molar-refractivity contribution is -0.117. The van der Waals surface area contributed by atoms with Gasteiger partial charge in [-0.05, 0) is 44.5 Å². The number of nitrogens with two attached hydrogens (primary N) is 1. The summed E-state index contributed by atoms with van der Waals surface area (Å²) in [6.07, 6.45) is 2.13. The van der Waals surface area contributed by atoms with Crippen LogP contribution in [0.5, 0.6) is 0 Å². The molecule has 116 valence electrons. The average molecular weight is 312 g/mol. The fourth-order valence-electron chi connectivity index (χ4n) is 2.62. The molecule has 0 spiro atoms. The highest BCUT2D eigenvalue weighted by Gasteiger charge is 2.28. The fourth-order valence-corrected chi connectivity index (χ4v) is 2.80. The molecule has 1 amide bonds. The van der Waals surface area contributed by atoms with Crippen molar-refractivity contribution in [3.8, 4) is 0 Å². The molecule has 1 aromatic carbocycles. The van der Waals surface area contributed by atoms with Gasteiger partial charge in [-0.25, -0.2) is 0 Å². The Hall–Kier alpha value is -1.30. The first kappa shape index (κ1) is 16.1. The van der Waals surface area contributed by atoms with Crippen LogP contribution in [0.2, 0.25) is 5.02 Å². The van der Waals surface area contributed by atoms with Crippen molar-refractivity contribution in [3.05, 3.63) is 23.2 Å². The summed E-state index contributed by atoms with van der Waals surface area (Å²) in [6, 6.07) is 4.99. The van der Waals surface area contributed by atoms with Crippen LogP contribution < -0.4 is 11.1 Å². The van der Waals surface area contributed by atoms with E-state index >= 15 is 0 Å². The third-order valence-electron chi connectivity index (χ3n) is 3.70. The van der Waals surface area contributed by atoms with E-state index in [9.17, 15) is 9.90 Å². The van der Waals surface area contributed by atoms with Crippen LogP contribution in [0.25, 0.3) is 0 Å². The van der Waals surface area contributed by atoms with Crippen molar-refractivity contribution in [1.82, 2.24) is 4.90 Å². The maximum atomic E-state index is 12.0. The Balaban J connectivity index is 1.83. The minimum Gasteiger partial charge on any atom is -0.397 e. The lowest BCUT2D eigenvalue weighted by Crippen LogP contribution is -2.46. The lowest BCUT2D eigenvalue weighted by Gasteiger charge is -2.36. The van der Waals surface area contributed by atoms with E-state index in [0.717, 1.165) is 19.4 Å². The zero-order valence-electron chi connectivity index (χ0n) is 12.2. The number of nitrogens with zero attached hydrogens (tertiary/aromatic N) is 1. The normalized spacial score (nSPS) is 23.0. The number of β-amino-alcohol motifs (C(OH)–C–C–N with tert-alkyl or cyclic N) is 1. The van der Waals surface area contributed by atoms with Gasteiger partial charge in [0.2, 0.25) is 5.91 Å². The maximum Gasteiger partial charge on any atom is 0.225 e. The number of aliphatic hydroxyl groups is 1. The molecule has 2 rings (SSSR count). The van der Waals surface area contributed by atoms with Gasteiger partial charge in [-0.3, -0.25) is 9.69 Å². The molecular weight excluding hydrogens is 290 g/mol. The van der Waals surface area contributed by atoms with Gasteiger partial charge in [0.05, 0.1) is 17.0 Å². The number of hydrogen-bond donors (Lipinski definition) is 3. The summed E-state index contributed by atoms with van der Waals surface area (Å²) >= 11 is 5.89. The van der Waals surface area contributed by atoms with E-state index in [0.29, 0.717) is 35.9 Å². The number of hydrogen-bond acceptors (Lipinski definition) is 4. The van der Waals surface area contributed by atoms with E-state index in [1.807, 2.05) is 6.92 Å². The van der Waals surface area contributed by atoms with Crippen LogP contribution in [0.4, 0.5) is 11.4 Å². The topological polar surface area (TPSA) is 78.6 Å². The van der Waals surface area contributed by atoms with Crippen molar-refractivity contribution in [1.29, 1.82) is 0 Å². The Morgan fingerprint density at radius 3 is 3.05 bits per heavy atom. The molecule has 1 fully saturated rings. The highest BCUT2D eigenvalue weighted by Crippen LogP contribution is 2.23. The third-order valence-corrected chi connectivity index (χ3v) is 3.93. The summed E-state index contributed by atoms with van der Waals surface area (Å²) in [6.45, 7) is 4.00. The van der Waals surface area contributed by atoms with Gasteiger partial charge in [-0.15, -0.1) is 0 Å². The summed E-state index contributed by atoms with van der Waals surface area (Å²) < 4.78 is 0. The van der Waals surface area contributed by atoms with Gasteiger partial charge in [0.1, 0.15) is 0 Å². The molecule has 1 aliphatic rings. The van der Waals surface area contributed by atoms with Gasteiger partial charge < -0.3 is 16.2 Å². The summed E-state index contributed by atoms with van der Waals surface area (Å²) in [5, 5.41) is 13.3. The van der Waals surface area contributed by atoms with Crippen LogP contribution in [0.3, 0.4) is 0 Å². The van der Waals surface area contributed by atoms with Crippen molar-refractivity contribution in [2.75, 3.05) is 30.7 Å². The molecule has 0 saturated carbocycles. The third kappa shape index (κ3) is 4.88. The molecule has 0 aliphatic carbocycles. The number of carbonyl (C=O) groups is 1. The number of likely N-dealkylation sites (tertiary alicyclic amines) is 1. The molecule has 6 heteroatoms. The summed E-state index contributed by atoms with van der Waals surface area (Å²) in [4.78, 5) is 14.1. The first-order valence-corrected chi connectivity index (χ1v) is 7.53. The van der Waals surface area contributed by atoms with Gasteiger partial charge in [0.15, 0.2) is 0 Å². The Morgan fingerprint density at radius 1 is 1.57 bits per heavy atom. The summed E-state index contributed by atoms with van der Waals surface area (Å²) in [5.74, 6) is -0.103. The van der Waals surface area contributed by atoms with Gasteiger partial charge in [0.25, 0.3) is 0 Å². The van der Waals surface area contributed by atoms with Crippen LogP contribution in [0, 0.1) is 0 Å². The van der Waals surface area contributed by atoms with Gasteiger partial charge in [-0.1, -0.05) is 11.6 Å². The van der Waals surface area contributed by atoms with E-state index in [2.05, 4.69) is 10.2 Å². The number of anilines is 2. The second-order valence-electron chi connectivity index (χ2n) is 5.91. The van der Waals surface area contributed by atoms with Crippen molar-refractivity contribution >= 4 is 28.9 Å². The Labute approximate surface area is 130 Å². The van der Waals surface area contributed by atoms with Crippen molar-refractivity contribution in [3.63, 3.8) is 0 Å². The molecule has 1 saturated heterocycles. The standard InChI is InChI=1S/C15H22ClN3O2/c1-15(21)6-2-7-19(10-15)8-5-14(20)18-13-9-11(16)3-4-12(13)17/h3-4,9,21H,2,5-8,10,17H2,1H3,(H,18,20). The van der Waals surface area contributed by atoms with Gasteiger partial charge in [-0.2, -0.15) is 0 Å². The highest BCUT2D eigenvalue weighted by molar-refractivity contribution is 6.31. The number of rotatable bonds is 4. The minimum atomic E-state index is -0.647. The lowest BCUT2D eigenvalue weighted by atomic mass is 9.95. The molecule has 1 aromatic rings. The quantitative estimate of drug-likeness (QED) is 0.744. The molecule has 5 nitrogen and oxygen atoms in total. The first-order chi connectivity index (χ1) is 9.85. The van der Waals surface area contributed by atoms with Crippen LogP contribution >= 0.6 is 11.6 Å². The summed E-state index contributed by atoms with van der Waals surface area (Å²) in [5.41, 5.74) is 6.18. The molecule has 4 N–H and O–H groups in total. The van der Waals surface area contributed by atoms with E-state index in [1.165, 1.54) is 0 Å². The van der Waals surface area contributed by atoms with Crippen molar-refractivity contribution in [2.45, 2.75) is 31.8 Å². The second kappa shape index (κ2) is 6.64. The molecule has 0 radical (unpaired) electrons. The number of nitrogen functional groups attached to an aromatic ring is 1. The van der Waals surface area contributed by atoms with E-state index in [1.54, 1.807) is 18.2 Å². The van der Waals surface area contributed by atoms with Crippen LogP contribution in [-0.2, 0) is 4.79 Å². The number of nitrogens with one attached hydrogen (secondary N) is 1. The monoisotopic (exact) mass is 311 g/mol. The molecule has 0 aromatic heterocycles. The smallest absolute Gasteiger partial charge is 0.225 e. The Kier molecular flexibility index (Phi) is 5.08. The predicted molar refractivity (Wildman–Crippen MR) is 85.4 cm³/mol. The van der Waals surface area contributed by atoms with Crippen LogP contribution in [-0.4, -0.2) is 41.1 Å². The SMILES string of the molecule is CC1(O)CCCN(CCC(=O)Nc2cc(Cl)ccc2N)C1. The maximum absolute atomic E-state index is 12.0. The van der Waals surface area contributed by atoms with Crippen LogP contribution in [0.15, 0.2) is 18.2 Å². The predicted octanol–water partition coefficient (Wildman–Crippen LogP) is 2.10. The minimum absolute atomic E-state index is 0.103. The number of halogens is 1. The van der Waals surface area contributed by atoms with E-state index in [-0.39, 0.29) is 5.91 Å².